The van der Waals surface area contributed by atoms with Crippen LogP contribution in [-0.2, 0) is 6.54 Å². The molecule has 0 amide bonds. The SMILES string of the molecule is CNCCC1CCCCN1Cc1ccc(OC)cc1F. The van der Waals surface area contributed by atoms with E-state index in [-0.39, 0.29) is 5.82 Å². The van der Waals surface area contributed by atoms with Crippen LogP contribution in [0.3, 0.4) is 0 Å². The summed E-state index contributed by atoms with van der Waals surface area (Å²) < 4.78 is 19.1. The van der Waals surface area contributed by atoms with Gasteiger partial charge in [-0.2, -0.15) is 0 Å². The maximum atomic E-state index is 14.1. The van der Waals surface area contributed by atoms with Gasteiger partial charge in [0, 0.05) is 24.2 Å². The van der Waals surface area contributed by atoms with Crippen LogP contribution >= 0.6 is 0 Å². The zero-order valence-corrected chi connectivity index (χ0v) is 12.5. The van der Waals surface area contributed by atoms with Gasteiger partial charge in [-0.15, -0.1) is 0 Å². The molecule has 1 aliphatic rings. The summed E-state index contributed by atoms with van der Waals surface area (Å²) in [6.07, 6.45) is 4.86. The summed E-state index contributed by atoms with van der Waals surface area (Å²) in [7, 11) is 3.54. The smallest absolute Gasteiger partial charge is 0.131 e. The Morgan fingerprint density at radius 1 is 1.40 bits per heavy atom. The second-order valence-corrected chi connectivity index (χ2v) is 5.47. The summed E-state index contributed by atoms with van der Waals surface area (Å²) in [5.41, 5.74) is 0.766. The molecule has 0 bridgehead atoms. The van der Waals surface area contributed by atoms with Crippen molar-refractivity contribution in [3.8, 4) is 5.75 Å². The van der Waals surface area contributed by atoms with Crippen molar-refractivity contribution >= 4 is 0 Å². The summed E-state index contributed by atoms with van der Waals surface area (Å²) >= 11 is 0. The van der Waals surface area contributed by atoms with E-state index in [1.807, 2.05) is 19.2 Å². The van der Waals surface area contributed by atoms with Gasteiger partial charge in [-0.25, -0.2) is 4.39 Å². The maximum absolute atomic E-state index is 14.1. The standard InChI is InChI=1S/C16H25FN2O/c1-18-9-8-14-5-3-4-10-19(14)12-13-6-7-15(20-2)11-16(13)17/h6-7,11,14,18H,3-5,8-10,12H2,1-2H3. The number of rotatable bonds is 6. The number of piperidine rings is 1. The predicted molar refractivity (Wildman–Crippen MR) is 79.5 cm³/mol. The summed E-state index contributed by atoms with van der Waals surface area (Å²) in [5, 5.41) is 3.21. The quantitative estimate of drug-likeness (QED) is 0.867. The van der Waals surface area contributed by atoms with Crippen LogP contribution in [0.4, 0.5) is 4.39 Å². The lowest BCUT2D eigenvalue weighted by Gasteiger charge is -2.36. The van der Waals surface area contributed by atoms with E-state index in [0.29, 0.717) is 18.3 Å². The van der Waals surface area contributed by atoms with Crippen molar-refractivity contribution in [2.24, 2.45) is 0 Å². The van der Waals surface area contributed by atoms with Crippen molar-refractivity contribution in [2.75, 3.05) is 27.2 Å². The number of methoxy groups -OCH3 is 1. The molecule has 1 aromatic rings. The zero-order chi connectivity index (χ0) is 14.4. The first-order chi connectivity index (χ1) is 9.74. The topological polar surface area (TPSA) is 24.5 Å². The largest absolute Gasteiger partial charge is 0.497 e. The summed E-state index contributed by atoms with van der Waals surface area (Å²) in [5.74, 6) is 0.416. The first-order valence-corrected chi connectivity index (χ1v) is 7.45. The number of hydrogen-bond acceptors (Lipinski definition) is 3. The Hall–Kier alpha value is -1.13. The molecule has 1 aliphatic heterocycles. The van der Waals surface area contributed by atoms with E-state index < -0.39 is 0 Å². The Labute approximate surface area is 121 Å². The Bertz CT molecular complexity index is 425. The molecule has 1 atom stereocenters. The van der Waals surface area contributed by atoms with Gasteiger partial charge in [-0.3, -0.25) is 4.90 Å². The van der Waals surface area contributed by atoms with Gasteiger partial charge in [0.1, 0.15) is 11.6 Å². The highest BCUT2D eigenvalue weighted by Gasteiger charge is 2.22. The van der Waals surface area contributed by atoms with Crippen molar-refractivity contribution in [1.82, 2.24) is 10.2 Å². The molecule has 1 fully saturated rings. The van der Waals surface area contributed by atoms with Gasteiger partial charge in [0.15, 0.2) is 0 Å². The van der Waals surface area contributed by atoms with E-state index in [1.165, 1.54) is 25.3 Å². The molecule has 0 radical (unpaired) electrons. The first kappa shape index (κ1) is 15.3. The van der Waals surface area contributed by atoms with Gasteiger partial charge >= 0.3 is 0 Å². The number of nitrogens with zero attached hydrogens (tertiary/aromatic N) is 1. The summed E-state index contributed by atoms with van der Waals surface area (Å²) in [6, 6.07) is 5.72. The Balaban J connectivity index is 2.02. The van der Waals surface area contributed by atoms with E-state index in [0.717, 1.165) is 25.1 Å². The predicted octanol–water partition coefficient (Wildman–Crippen LogP) is 2.80. The Morgan fingerprint density at radius 2 is 2.25 bits per heavy atom. The van der Waals surface area contributed by atoms with Gasteiger partial charge in [0.25, 0.3) is 0 Å². The second-order valence-electron chi connectivity index (χ2n) is 5.47. The van der Waals surface area contributed by atoms with Crippen LogP contribution in [0.15, 0.2) is 18.2 Å². The van der Waals surface area contributed by atoms with Crippen LogP contribution in [0.25, 0.3) is 0 Å². The van der Waals surface area contributed by atoms with Gasteiger partial charge in [-0.1, -0.05) is 12.5 Å². The fourth-order valence-corrected chi connectivity index (χ4v) is 2.91. The molecule has 20 heavy (non-hydrogen) atoms. The number of halogens is 1. The molecule has 1 aromatic carbocycles. The normalized spacial score (nSPS) is 20.1. The van der Waals surface area contributed by atoms with Crippen molar-refractivity contribution in [2.45, 2.75) is 38.3 Å². The minimum Gasteiger partial charge on any atom is -0.497 e. The number of hydrogen-bond donors (Lipinski definition) is 1. The van der Waals surface area contributed by atoms with Gasteiger partial charge in [-0.05, 0) is 45.5 Å². The number of likely N-dealkylation sites (tertiary alicyclic amines) is 1. The molecule has 1 saturated heterocycles. The van der Waals surface area contributed by atoms with Gasteiger partial charge in [0.05, 0.1) is 7.11 Å². The van der Waals surface area contributed by atoms with Crippen molar-refractivity contribution in [3.05, 3.63) is 29.6 Å². The molecule has 112 valence electrons. The number of ether oxygens (including phenoxy) is 1. The van der Waals surface area contributed by atoms with Crippen molar-refractivity contribution in [1.29, 1.82) is 0 Å². The fourth-order valence-electron chi connectivity index (χ4n) is 2.91. The number of benzene rings is 1. The fraction of sp³-hybridized carbons (Fsp3) is 0.625. The molecule has 0 aromatic heterocycles. The van der Waals surface area contributed by atoms with Crippen molar-refractivity contribution < 1.29 is 9.13 Å². The zero-order valence-electron chi connectivity index (χ0n) is 12.5. The summed E-state index contributed by atoms with van der Waals surface area (Å²) in [6.45, 7) is 2.79. The highest BCUT2D eigenvalue weighted by Crippen LogP contribution is 2.24. The molecule has 3 nitrogen and oxygen atoms in total. The Kier molecular flexibility index (Phi) is 5.80. The molecule has 0 saturated carbocycles. The van der Waals surface area contributed by atoms with Gasteiger partial charge in [0.2, 0.25) is 0 Å². The highest BCUT2D eigenvalue weighted by molar-refractivity contribution is 5.28. The van der Waals surface area contributed by atoms with E-state index in [9.17, 15) is 4.39 Å². The van der Waals surface area contributed by atoms with Crippen LogP contribution in [0, 0.1) is 5.82 Å². The van der Waals surface area contributed by atoms with Crippen LogP contribution < -0.4 is 10.1 Å². The molecule has 1 unspecified atom stereocenters. The lowest BCUT2D eigenvalue weighted by atomic mass is 9.98. The van der Waals surface area contributed by atoms with Crippen molar-refractivity contribution in [3.63, 3.8) is 0 Å². The first-order valence-electron chi connectivity index (χ1n) is 7.45. The molecule has 1 N–H and O–H groups in total. The van der Waals surface area contributed by atoms with E-state index in [2.05, 4.69) is 10.2 Å². The molecule has 2 rings (SSSR count). The lowest BCUT2D eigenvalue weighted by molar-refractivity contribution is 0.131. The average molecular weight is 280 g/mol. The molecule has 0 aliphatic carbocycles. The van der Waals surface area contributed by atoms with Gasteiger partial charge < -0.3 is 10.1 Å². The van der Waals surface area contributed by atoms with E-state index >= 15 is 0 Å². The lowest BCUT2D eigenvalue weighted by Crippen LogP contribution is -2.40. The second kappa shape index (κ2) is 7.60. The number of nitrogens with one attached hydrogen (secondary N) is 1. The highest BCUT2D eigenvalue weighted by atomic mass is 19.1. The van der Waals surface area contributed by atoms with E-state index in [1.54, 1.807) is 7.11 Å². The summed E-state index contributed by atoms with van der Waals surface area (Å²) in [4.78, 5) is 2.42. The third kappa shape index (κ3) is 3.93. The van der Waals surface area contributed by atoms with E-state index in [4.69, 9.17) is 4.74 Å². The molecular weight excluding hydrogens is 255 g/mol. The monoisotopic (exact) mass is 280 g/mol. The molecule has 4 heteroatoms. The molecule has 1 heterocycles. The maximum Gasteiger partial charge on any atom is 0.131 e. The average Bonchev–Trinajstić information content (AvgIpc) is 2.48. The third-order valence-corrected chi connectivity index (χ3v) is 4.11. The molecular formula is C16H25FN2O. The van der Waals surface area contributed by atoms with Crippen LogP contribution in [0.2, 0.25) is 0 Å². The van der Waals surface area contributed by atoms with Crippen LogP contribution in [0.1, 0.15) is 31.2 Å². The Morgan fingerprint density at radius 3 is 2.95 bits per heavy atom. The minimum atomic E-state index is -0.165. The molecule has 0 spiro atoms. The van der Waals surface area contributed by atoms with Crippen LogP contribution in [0.5, 0.6) is 5.75 Å². The van der Waals surface area contributed by atoms with Crippen LogP contribution in [-0.4, -0.2) is 38.2 Å². The third-order valence-electron chi connectivity index (χ3n) is 4.11. The minimum absolute atomic E-state index is 0.165.